The van der Waals surface area contributed by atoms with Crippen LogP contribution < -0.4 is 5.14 Å². The molecule has 0 saturated carbocycles. The van der Waals surface area contributed by atoms with E-state index in [0.29, 0.717) is 5.92 Å². The average Bonchev–Trinajstić information content (AvgIpc) is 2.03. The Morgan fingerprint density at radius 2 is 1.92 bits per heavy atom. The molecular weight excluding hydrogens is 182 g/mol. The van der Waals surface area contributed by atoms with E-state index in [0.717, 1.165) is 12.8 Å². The molecule has 2 unspecified atom stereocenters. The predicted octanol–water partition coefficient (Wildman–Crippen LogP) is 2.60. The first-order chi connectivity index (χ1) is 5.94. The molecule has 0 fully saturated rings. The minimum Gasteiger partial charge on any atom is -0.251 e. The van der Waals surface area contributed by atoms with Crippen LogP contribution in [0.2, 0.25) is 0 Å². The lowest BCUT2D eigenvalue weighted by molar-refractivity contribution is 0.387. The van der Waals surface area contributed by atoms with Gasteiger partial charge in [0.15, 0.2) is 0 Å². The Labute approximate surface area is 84.9 Å². The molecule has 0 heterocycles. The summed E-state index contributed by atoms with van der Waals surface area (Å²) in [5, 5.41) is 5.44. The van der Waals surface area contributed by atoms with Gasteiger partial charge in [0.1, 0.15) is 0 Å². The third-order valence-corrected chi connectivity index (χ3v) is 3.86. The molecule has 0 rings (SSSR count). The molecule has 0 aliphatic carbocycles. The predicted molar refractivity (Wildman–Crippen MR) is 59.7 cm³/mol. The molecule has 3 heteroatoms. The topological polar surface area (TPSA) is 43.1 Å². The third kappa shape index (κ3) is 4.77. The maximum atomic E-state index is 11.2. The zero-order valence-electron chi connectivity index (χ0n) is 9.30. The van der Waals surface area contributed by atoms with Gasteiger partial charge in [-0.15, -0.1) is 0 Å². The Bertz CT molecular complexity index is 168. The van der Waals surface area contributed by atoms with E-state index in [4.69, 9.17) is 5.14 Å². The van der Waals surface area contributed by atoms with Crippen molar-refractivity contribution in [1.82, 2.24) is 0 Å². The van der Waals surface area contributed by atoms with E-state index in [9.17, 15) is 4.21 Å². The lowest BCUT2D eigenvalue weighted by Crippen LogP contribution is -2.34. The van der Waals surface area contributed by atoms with Crippen LogP contribution in [-0.4, -0.2) is 8.96 Å². The number of hydrogen-bond donors (Lipinski definition) is 1. The Hall–Kier alpha value is 0.110. The standard InChI is InChI=1S/C10H23NOS/c1-5-7-9(6-2)8-10(3,4)13(11)12/h9H,5-8,11H2,1-4H3. The van der Waals surface area contributed by atoms with Gasteiger partial charge in [-0.05, 0) is 26.2 Å². The van der Waals surface area contributed by atoms with Crippen molar-refractivity contribution in [2.75, 3.05) is 0 Å². The zero-order chi connectivity index (χ0) is 10.5. The van der Waals surface area contributed by atoms with E-state index in [2.05, 4.69) is 13.8 Å². The van der Waals surface area contributed by atoms with Gasteiger partial charge in [0, 0.05) is 0 Å². The van der Waals surface area contributed by atoms with Crippen LogP contribution in [0.15, 0.2) is 0 Å². The van der Waals surface area contributed by atoms with Gasteiger partial charge in [-0.25, -0.2) is 4.21 Å². The summed E-state index contributed by atoms with van der Waals surface area (Å²) in [6.07, 6.45) is 4.55. The van der Waals surface area contributed by atoms with Crippen molar-refractivity contribution in [2.24, 2.45) is 11.1 Å². The van der Waals surface area contributed by atoms with Crippen molar-refractivity contribution in [3.05, 3.63) is 0 Å². The largest absolute Gasteiger partial charge is 0.251 e. The normalized spacial score (nSPS) is 17.0. The Morgan fingerprint density at radius 1 is 1.38 bits per heavy atom. The van der Waals surface area contributed by atoms with Crippen LogP contribution in [0, 0.1) is 5.92 Å². The van der Waals surface area contributed by atoms with Crippen LogP contribution in [0.5, 0.6) is 0 Å². The van der Waals surface area contributed by atoms with E-state index in [1.807, 2.05) is 13.8 Å². The summed E-state index contributed by atoms with van der Waals surface area (Å²) in [5.74, 6) is 0.674. The molecule has 0 spiro atoms. The van der Waals surface area contributed by atoms with Crippen LogP contribution in [0.1, 0.15) is 53.4 Å². The smallest absolute Gasteiger partial charge is 0.0945 e. The minimum absolute atomic E-state index is 0.226. The van der Waals surface area contributed by atoms with Crippen LogP contribution in [0.3, 0.4) is 0 Å². The highest BCUT2D eigenvalue weighted by Crippen LogP contribution is 2.26. The summed E-state index contributed by atoms with van der Waals surface area (Å²) in [7, 11) is -1.20. The van der Waals surface area contributed by atoms with Gasteiger partial charge < -0.3 is 0 Å². The van der Waals surface area contributed by atoms with Crippen molar-refractivity contribution in [3.63, 3.8) is 0 Å². The van der Waals surface area contributed by atoms with Crippen molar-refractivity contribution in [3.8, 4) is 0 Å². The Kier molecular flexibility index (Phi) is 5.81. The van der Waals surface area contributed by atoms with Gasteiger partial charge >= 0.3 is 0 Å². The van der Waals surface area contributed by atoms with E-state index < -0.39 is 11.0 Å². The lowest BCUT2D eigenvalue weighted by Gasteiger charge is -2.26. The van der Waals surface area contributed by atoms with Gasteiger partial charge in [-0.3, -0.25) is 5.14 Å². The summed E-state index contributed by atoms with van der Waals surface area (Å²) in [5.41, 5.74) is 0. The fourth-order valence-electron chi connectivity index (χ4n) is 1.64. The van der Waals surface area contributed by atoms with Gasteiger partial charge in [-0.2, -0.15) is 0 Å². The first-order valence-electron chi connectivity index (χ1n) is 5.10. The fourth-order valence-corrected chi connectivity index (χ4v) is 2.04. The molecular formula is C10H23NOS. The van der Waals surface area contributed by atoms with Crippen LogP contribution >= 0.6 is 0 Å². The molecule has 0 aliphatic rings. The maximum absolute atomic E-state index is 11.2. The molecule has 2 nitrogen and oxygen atoms in total. The van der Waals surface area contributed by atoms with Crippen LogP contribution in [0.4, 0.5) is 0 Å². The summed E-state index contributed by atoms with van der Waals surface area (Å²) >= 11 is 0. The monoisotopic (exact) mass is 205 g/mol. The fraction of sp³-hybridized carbons (Fsp3) is 1.00. The molecule has 80 valence electrons. The quantitative estimate of drug-likeness (QED) is 0.711. The molecule has 2 N–H and O–H groups in total. The molecule has 0 amide bonds. The summed E-state index contributed by atoms with van der Waals surface area (Å²) in [4.78, 5) is 0. The van der Waals surface area contributed by atoms with Crippen LogP contribution in [-0.2, 0) is 11.0 Å². The highest BCUT2D eigenvalue weighted by molar-refractivity contribution is 7.84. The first-order valence-corrected chi connectivity index (χ1v) is 6.31. The zero-order valence-corrected chi connectivity index (χ0v) is 10.1. The highest BCUT2D eigenvalue weighted by Gasteiger charge is 2.26. The van der Waals surface area contributed by atoms with Crippen molar-refractivity contribution >= 4 is 11.0 Å². The molecule has 0 bridgehead atoms. The van der Waals surface area contributed by atoms with E-state index in [-0.39, 0.29) is 4.75 Å². The Balaban J connectivity index is 4.13. The van der Waals surface area contributed by atoms with Gasteiger partial charge in [0.2, 0.25) is 0 Å². The summed E-state index contributed by atoms with van der Waals surface area (Å²) in [6.45, 7) is 8.35. The van der Waals surface area contributed by atoms with Crippen molar-refractivity contribution in [2.45, 2.75) is 58.1 Å². The first kappa shape index (κ1) is 13.1. The van der Waals surface area contributed by atoms with Crippen molar-refractivity contribution in [1.29, 1.82) is 0 Å². The SMILES string of the molecule is CCCC(CC)CC(C)(C)S(N)=O. The van der Waals surface area contributed by atoms with Gasteiger partial charge in [0.25, 0.3) is 0 Å². The average molecular weight is 205 g/mol. The maximum Gasteiger partial charge on any atom is 0.0945 e. The van der Waals surface area contributed by atoms with Gasteiger partial charge in [0.05, 0.1) is 15.7 Å². The Morgan fingerprint density at radius 3 is 2.23 bits per heavy atom. The second kappa shape index (κ2) is 5.76. The van der Waals surface area contributed by atoms with E-state index >= 15 is 0 Å². The third-order valence-electron chi connectivity index (χ3n) is 2.60. The van der Waals surface area contributed by atoms with Gasteiger partial charge in [-0.1, -0.05) is 33.1 Å². The molecule has 0 aliphatic heterocycles. The summed E-state index contributed by atoms with van der Waals surface area (Å²) < 4.78 is 11.0. The molecule has 0 aromatic rings. The molecule has 0 radical (unpaired) electrons. The summed E-state index contributed by atoms with van der Waals surface area (Å²) in [6, 6.07) is 0. The highest BCUT2D eigenvalue weighted by atomic mass is 32.2. The molecule has 2 atom stereocenters. The second-order valence-corrected chi connectivity index (χ2v) is 6.02. The molecule has 0 aromatic carbocycles. The molecule has 13 heavy (non-hydrogen) atoms. The lowest BCUT2D eigenvalue weighted by atomic mass is 9.90. The second-order valence-electron chi connectivity index (χ2n) is 4.32. The number of hydrogen-bond acceptors (Lipinski definition) is 1. The van der Waals surface area contributed by atoms with E-state index in [1.54, 1.807) is 0 Å². The molecule has 0 saturated heterocycles. The van der Waals surface area contributed by atoms with E-state index in [1.165, 1.54) is 12.8 Å². The van der Waals surface area contributed by atoms with Crippen molar-refractivity contribution < 1.29 is 4.21 Å². The number of rotatable bonds is 6. The van der Waals surface area contributed by atoms with Crippen LogP contribution in [0.25, 0.3) is 0 Å². The molecule has 0 aromatic heterocycles. The number of nitrogens with two attached hydrogens (primary N) is 1. The minimum atomic E-state index is -1.20.